The summed E-state index contributed by atoms with van der Waals surface area (Å²) >= 11 is 5.83. The van der Waals surface area contributed by atoms with E-state index in [2.05, 4.69) is 22.1 Å². The molecule has 0 bridgehead atoms. The lowest BCUT2D eigenvalue weighted by molar-refractivity contribution is 0.818. The zero-order valence-corrected chi connectivity index (χ0v) is 10.4. The number of rotatable bonds is 2. The van der Waals surface area contributed by atoms with Gasteiger partial charge in [-0.05, 0) is 37.4 Å². The van der Waals surface area contributed by atoms with Gasteiger partial charge >= 0.3 is 0 Å². The predicted octanol–water partition coefficient (Wildman–Crippen LogP) is 2.85. The van der Waals surface area contributed by atoms with Gasteiger partial charge in [0.1, 0.15) is 5.15 Å². The highest BCUT2D eigenvalue weighted by atomic mass is 35.5. The molecule has 0 radical (unpaired) electrons. The van der Waals surface area contributed by atoms with E-state index in [-0.39, 0.29) is 0 Å². The molecule has 0 saturated heterocycles. The Balaban J connectivity index is 2.25. The van der Waals surface area contributed by atoms with Crippen LogP contribution in [-0.2, 0) is 0 Å². The van der Waals surface area contributed by atoms with Crippen LogP contribution in [0.1, 0.15) is 12.0 Å². The van der Waals surface area contributed by atoms with Gasteiger partial charge in [-0.25, -0.2) is 4.98 Å². The average molecular weight is 245 g/mol. The van der Waals surface area contributed by atoms with E-state index in [0.29, 0.717) is 5.15 Å². The summed E-state index contributed by atoms with van der Waals surface area (Å²) in [6, 6.07) is 9.71. The Labute approximate surface area is 106 Å². The molecule has 1 heterocycles. The summed E-state index contributed by atoms with van der Waals surface area (Å²) in [7, 11) is 1.92. The quantitative estimate of drug-likeness (QED) is 0.499. The standard InChI is InChI=1S/C14H13ClN2/c1-16-9-3-2-4-11-5-7-13-12(10-11)6-8-14(15)17-13/h5-8,10,16H,3,9H2,1H3. The minimum Gasteiger partial charge on any atom is -0.319 e. The third kappa shape index (κ3) is 3.20. The molecule has 0 fully saturated rings. The lowest BCUT2D eigenvalue weighted by atomic mass is 10.1. The van der Waals surface area contributed by atoms with Crippen LogP contribution in [0.2, 0.25) is 5.15 Å². The Bertz CT molecular complexity index is 582. The molecule has 0 aliphatic heterocycles. The summed E-state index contributed by atoms with van der Waals surface area (Å²) in [5.41, 5.74) is 1.91. The number of nitrogens with one attached hydrogen (secondary N) is 1. The maximum absolute atomic E-state index is 5.83. The van der Waals surface area contributed by atoms with Crippen LogP contribution in [0.3, 0.4) is 0 Å². The summed E-state index contributed by atoms with van der Waals surface area (Å²) in [5.74, 6) is 6.26. The fourth-order valence-corrected chi connectivity index (χ4v) is 1.68. The van der Waals surface area contributed by atoms with Crippen molar-refractivity contribution in [1.82, 2.24) is 10.3 Å². The van der Waals surface area contributed by atoms with Crippen molar-refractivity contribution in [3.8, 4) is 11.8 Å². The summed E-state index contributed by atoms with van der Waals surface area (Å²) in [6.07, 6.45) is 0.855. The first-order valence-corrected chi connectivity index (χ1v) is 5.87. The number of nitrogens with zero attached hydrogens (tertiary/aromatic N) is 1. The van der Waals surface area contributed by atoms with Crippen molar-refractivity contribution in [2.75, 3.05) is 13.6 Å². The van der Waals surface area contributed by atoms with Gasteiger partial charge in [-0.15, -0.1) is 0 Å². The van der Waals surface area contributed by atoms with Gasteiger partial charge in [-0.3, -0.25) is 0 Å². The van der Waals surface area contributed by atoms with Crippen LogP contribution in [0.15, 0.2) is 30.3 Å². The first-order chi connectivity index (χ1) is 8.29. The average Bonchev–Trinajstić information content (AvgIpc) is 2.35. The number of hydrogen-bond acceptors (Lipinski definition) is 2. The molecule has 0 spiro atoms. The summed E-state index contributed by atoms with van der Waals surface area (Å²) in [5, 5.41) is 4.65. The number of aromatic nitrogens is 1. The third-order valence-electron chi connectivity index (χ3n) is 2.39. The second-order valence-electron chi connectivity index (χ2n) is 3.70. The monoisotopic (exact) mass is 244 g/mol. The van der Waals surface area contributed by atoms with E-state index in [1.165, 1.54) is 0 Å². The Hall–Kier alpha value is -1.56. The van der Waals surface area contributed by atoms with Gasteiger partial charge in [0.25, 0.3) is 0 Å². The SMILES string of the molecule is CNCCC#Cc1ccc2nc(Cl)ccc2c1. The smallest absolute Gasteiger partial charge is 0.129 e. The molecule has 1 N–H and O–H groups in total. The molecule has 2 rings (SSSR count). The van der Waals surface area contributed by atoms with Crippen molar-refractivity contribution in [3.05, 3.63) is 41.0 Å². The van der Waals surface area contributed by atoms with Gasteiger partial charge in [0.15, 0.2) is 0 Å². The number of hydrogen-bond donors (Lipinski definition) is 1. The van der Waals surface area contributed by atoms with E-state index in [1.807, 2.05) is 31.3 Å². The summed E-state index contributed by atoms with van der Waals surface area (Å²) in [4.78, 5) is 4.23. The number of pyridine rings is 1. The summed E-state index contributed by atoms with van der Waals surface area (Å²) < 4.78 is 0. The van der Waals surface area contributed by atoms with Crippen LogP contribution in [0.5, 0.6) is 0 Å². The van der Waals surface area contributed by atoms with Crippen LogP contribution >= 0.6 is 11.6 Å². The van der Waals surface area contributed by atoms with E-state index < -0.39 is 0 Å². The molecule has 2 nitrogen and oxygen atoms in total. The molecule has 1 aromatic carbocycles. The Morgan fingerprint density at radius 2 is 2.18 bits per heavy atom. The van der Waals surface area contributed by atoms with Crippen molar-refractivity contribution >= 4 is 22.5 Å². The second-order valence-corrected chi connectivity index (χ2v) is 4.08. The Morgan fingerprint density at radius 1 is 1.29 bits per heavy atom. The lowest BCUT2D eigenvalue weighted by Gasteiger charge is -1.98. The van der Waals surface area contributed by atoms with Crippen molar-refractivity contribution in [3.63, 3.8) is 0 Å². The van der Waals surface area contributed by atoms with Crippen LogP contribution in [-0.4, -0.2) is 18.6 Å². The zero-order valence-electron chi connectivity index (χ0n) is 9.63. The molecule has 0 aliphatic carbocycles. The molecular formula is C14H13ClN2. The van der Waals surface area contributed by atoms with Crippen LogP contribution in [0.25, 0.3) is 10.9 Å². The van der Waals surface area contributed by atoms with E-state index in [1.54, 1.807) is 6.07 Å². The Morgan fingerprint density at radius 3 is 3.00 bits per heavy atom. The lowest BCUT2D eigenvalue weighted by Crippen LogP contribution is -2.05. The topological polar surface area (TPSA) is 24.9 Å². The normalized spacial score (nSPS) is 10.0. The molecule has 86 valence electrons. The van der Waals surface area contributed by atoms with Gasteiger partial charge in [0.2, 0.25) is 0 Å². The minimum atomic E-state index is 0.519. The second kappa shape index (κ2) is 5.67. The number of benzene rings is 1. The van der Waals surface area contributed by atoms with Gasteiger partial charge in [-0.1, -0.05) is 23.4 Å². The molecule has 0 atom stereocenters. The molecule has 0 aliphatic rings. The maximum atomic E-state index is 5.83. The molecule has 3 heteroatoms. The van der Waals surface area contributed by atoms with E-state index in [0.717, 1.165) is 29.4 Å². The number of halogens is 1. The molecular weight excluding hydrogens is 232 g/mol. The van der Waals surface area contributed by atoms with E-state index >= 15 is 0 Å². The van der Waals surface area contributed by atoms with Gasteiger partial charge in [-0.2, -0.15) is 0 Å². The number of fused-ring (bicyclic) bond motifs is 1. The van der Waals surface area contributed by atoms with Crippen molar-refractivity contribution in [1.29, 1.82) is 0 Å². The van der Waals surface area contributed by atoms with Crippen LogP contribution in [0.4, 0.5) is 0 Å². The van der Waals surface area contributed by atoms with Crippen LogP contribution < -0.4 is 5.32 Å². The Kier molecular flexibility index (Phi) is 3.98. The van der Waals surface area contributed by atoms with Crippen LogP contribution in [0, 0.1) is 11.8 Å². The molecule has 2 aromatic rings. The van der Waals surface area contributed by atoms with Gasteiger partial charge in [0, 0.05) is 23.9 Å². The summed E-state index contributed by atoms with van der Waals surface area (Å²) in [6.45, 7) is 0.914. The van der Waals surface area contributed by atoms with Crippen molar-refractivity contribution in [2.24, 2.45) is 0 Å². The van der Waals surface area contributed by atoms with E-state index in [4.69, 9.17) is 11.6 Å². The van der Waals surface area contributed by atoms with E-state index in [9.17, 15) is 0 Å². The minimum absolute atomic E-state index is 0.519. The first-order valence-electron chi connectivity index (χ1n) is 5.49. The fraction of sp³-hybridized carbons (Fsp3) is 0.214. The molecule has 0 amide bonds. The maximum Gasteiger partial charge on any atom is 0.129 e. The zero-order chi connectivity index (χ0) is 12.1. The highest BCUT2D eigenvalue weighted by Gasteiger charge is 1.96. The predicted molar refractivity (Wildman–Crippen MR) is 72.2 cm³/mol. The third-order valence-corrected chi connectivity index (χ3v) is 2.60. The first kappa shape index (κ1) is 11.9. The molecule has 0 saturated carbocycles. The van der Waals surface area contributed by atoms with Crippen molar-refractivity contribution in [2.45, 2.75) is 6.42 Å². The molecule has 17 heavy (non-hydrogen) atoms. The van der Waals surface area contributed by atoms with Gasteiger partial charge in [0.05, 0.1) is 5.52 Å². The fourth-order valence-electron chi connectivity index (χ4n) is 1.53. The van der Waals surface area contributed by atoms with Gasteiger partial charge < -0.3 is 5.32 Å². The highest BCUT2D eigenvalue weighted by Crippen LogP contribution is 2.16. The largest absolute Gasteiger partial charge is 0.319 e. The highest BCUT2D eigenvalue weighted by molar-refractivity contribution is 6.29. The van der Waals surface area contributed by atoms with Crippen molar-refractivity contribution < 1.29 is 0 Å². The molecule has 0 unspecified atom stereocenters. The molecule has 1 aromatic heterocycles.